The molecule has 0 spiro atoms. The van der Waals surface area contributed by atoms with Crippen molar-refractivity contribution >= 4 is 28.3 Å². The Bertz CT molecular complexity index is 1500. The van der Waals surface area contributed by atoms with Gasteiger partial charge in [-0.1, -0.05) is 0 Å². The molecule has 4 aromatic rings. The Balaban J connectivity index is 1.15. The minimum atomic E-state index is -0.220. The number of hydrogen-bond acceptors (Lipinski definition) is 7. The summed E-state index contributed by atoms with van der Waals surface area (Å²) in [6.07, 6.45) is 6.40. The number of aryl methyl sites for hydroxylation is 1. The quantitative estimate of drug-likeness (QED) is 0.406. The molecular formula is C27H25N5O4. The van der Waals surface area contributed by atoms with E-state index in [2.05, 4.69) is 21.8 Å². The summed E-state index contributed by atoms with van der Waals surface area (Å²) < 4.78 is 12.7. The molecule has 0 radical (unpaired) electrons. The van der Waals surface area contributed by atoms with E-state index in [0.29, 0.717) is 17.0 Å². The average molecular weight is 484 g/mol. The Labute approximate surface area is 207 Å². The maximum Gasteiger partial charge on any atom is 0.262 e. The minimum absolute atomic E-state index is 0.00627. The Morgan fingerprint density at radius 3 is 3.06 bits per heavy atom. The molecule has 1 atom stereocenters. The standard InChI is InChI=1S/C27H25N5O4/c1-35-19-4-6-22-20(12-19)24(8-9-28-22)32-14-17-10-18(3-5-21(17)31-32)29-13-25(33)16-2-7-26-23(11-16)30-27(34)15-36-26/h2,4,6-9,11-12,14,18,29H,3,5,10,13,15H2,1H3,(H,30,34). The van der Waals surface area contributed by atoms with Crippen LogP contribution < -0.4 is 20.1 Å². The van der Waals surface area contributed by atoms with Crippen LogP contribution in [0.1, 0.15) is 28.0 Å². The summed E-state index contributed by atoms with van der Waals surface area (Å²) in [5.74, 6) is 1.10. The van der Waals surface area contributed by atoms with Crippen LogP contribution in [0.15, 0.2) is 54.9 Å². The zero-order chi connectivity index (χ0) is 24.6. The third-order valence-electron chi connectivity index (χ3n) is 6.73. The molecule has 2 aliphatic rings. The van der Waals surface area contributed by atoms with E-state index in [9.17, 15) is 9.59 Å². The fraction of sp³-hybridized carbons (Fsp3) is 0.259. The van der Waals surface area contributed by atoms with Crippen LogP contribution in [0.3, 0.4) is 0 Å². The van der Waals surface area contributed by atoms with Crippen LogP contribution >= 0.6 is 0 Å². The lowest BCUT2D eigenvalue weighted by atomic mass is 9.93. The molecular weight excluding hydrogens is 458 g/mol. The van der Waals surface area contributed by atoms with Crippen molar-refractivity contribution < 1.29 is 19.1 Å². The van der Waals surface area contributed by atoms with Gasteiger partial charge in [0.05, 0.1) is 36.2 Å². The number of amides is 1. The molecule has 36 heavy (non-hydrogen) atoms. The number of ketones is 1. The lowest BCUT2D eigenvalue weighted by molar-refractivity contribution is -0.118. The normalized spacial score (nSPS) is 16.6. The van der Waals surface area contributed by atoms with E-state index in [-0.39, 0.29) is 30.9 Å². The number of aromatic nitrogens is 3. The van der Waals surface area contributed by atoms with Gasteiger partial charge in [0.1, 0.15) is 11.5 Å². The summed E-state index contributed by atoms with van der Waals surface area (Å²) in [4.78, 5) is 28.9. The van der Waals surface area contributed by atoms with Gasteiger partial charge in [-0.3, -0.25) is 14.6 Å². The molecule has 6 rings (SSSR count). The molecule has 9 heteroatoms. The highest BCUT2D eigenvalue weighted by atomic mass is 16.5. The molecule has 1 aliphatic heterocycles. The Kier molecular flexibility index (Phi) is 5.61. The van der Waals surface area contributed by atoms with E-state index in [4.69, 9.17) is 14.6 Å². The van der Waals surface area contributed by atoms with Crippen molar-refractivity contribution in [2.45, 2.75) is 25.3 Å². The number of nitrogens with zero attached hydrogens (tertiary/aromatic N) is 3. The molecule has 9 nitrogen and oxygen atoms in total. The Morgan fingerprint density at radius 2 is 2.17 bits per heavy atom. The average Bonchev–Trinajstić information content (AvgIpc) is 3.33. The molecule has 0 fully saturated rings. The number of nitrogens with one attached hydrogen (secondary N) is 2. The topological polar surface area (TPSA) is 107 Å². The third kappa shape index (κ3) is 4.18. The maximum atomic E-state index is 12.8. The van der Waals surface area contributed by atoms with Gasteiger partial charge in [0.15, 0.2) is 12.4 Å². The van der Waals surface area contributed by atoms with Gasteiger partial charge in [-0.25, -0.2) is 4.68 Å². The summed E-state index contributed by atoms with van der Waals surface area (Å²) >= 11 is 0. The number of pyridine rings is 1. The van der Waals surface area contributed by atoms with Gasteiger partial charge in [0.2, 0.25) is 0 Å². The molecule has 2 N–H and O–H groups in total. The SMILES string of the molecule is COc1ccc2nccc(-n3cc4c(n3)CCC(NCC(=O)c3ccc5c(c3)NC(=O)CO5)C4)c2c1. The first-order chi connectivity index (χ1) is 17.6. The number of benzene rings is 2. The monoisotopic (exact) mass is 483 g/mol. The molecule has 0 bridgehead atoms. The second-order valence-corrected chi connectivity index (χ2v) is 9.05. The van der Waals surface area contributed by atoms with E-state index in [0.717, 1.165) is 47.3 Å². The molecule has 0 saturated carbocycles. The van der Waals surface area contributed by atoms with Crippen molar-refractivity contribution in [2.75, 3.05) is 25.6 Å². The van der Waals surface area contributed by atoms with Crippen LogP contribution in [0.4, 0.5) is 5.69 Å². The first-order valence-corrected chi connectivity index (χ1v) is 11.9. The van der Waals surface area contributed by atoms with E-state index in [1.807, 2.05) is 28.9 Å². The smallest absolute Gasteiger partial charge is 0.262 e. The molecule has 1 aliphatic carbocycles. The summed E-state index contributed by atoms with van der Waals surface area (Å²) in [5.41, 5.74) is 5.17. The van der Waals surface area contributed by atoms with Crippen LogP contribution in [0, 0.1) is 0 Å². The first-order valence-electron chi connectivity index (χ1n) is 11.9. The number of methoxy groups -OCH3 is 1. The highest BCUT2D eigenvalue weighted by Gasteiger charge is 2.24. The van der Waals surface area contributed by atoms with Crippen molar-refractivity contribution in [3.63, 3.8) is 0 Å². The summed E-state index contributed by atoms with van der Waals surface area (Å²) in [6.45, 7) is 0.212. The molecule has 2 aromatic heterocycles. The minimum Gasteiger partial charge on any atom is -0.497 e. The number of fused-ring (bicyclic) bond motifs is 3. The zero-order valence-electron chi connectivity index (χ0n) is 19.8. The summed E-state index contributed by atoms with van der Waals surface area (Å²) in [7, 11) is 1.65. The van der Waals surface area contributed by atoms with Crippen molar-refractivity contribution in [2.24, 2.45) is 0 Å². The van der Waals surface area contributed by atoms with E-state index in [1.54, 1.807) is 31.5 Å². The van der Waals surface area contributed by atoms with E-state index < -0.39 is 0 Å². The van der Waals surface area contributed by atoms with Crippen LogP contribution in [-0.4, -0.2) is 52.8 Å². The fourth-order valence-electron chi connectivity index (χ4n) is 4.84. The number of rotatable bonds is 6. The largest absolute Gasteiger partial charge is 0.497 e. The van der Waals surface area contributed by atoms with Crippen LogP contribution in [0.2, 0.25) is 0 Å². The maximum absolute atomic E-state index is 12.8. The first kappa shape index (κ1) is 22.2. The van der Waals surface area contributed by atoms with Crippen LogP contribution in [0.5, 0.6) is 11.5 Å². The van der Waals surface area contributed by atoms with Gasteiger partial charge in [-0.2, -0.15) is 5.10 Å². The molecule has 1 amide bonds. The Morgan fingerprint density at radius 1 is 1.25 bits per heavy atom. The van der Waals surface area contributed by atoms with Gasteiger partial charge in [0, 0.05) is 29.4 Å². The van der Waals surface area contributed by atoms with Crippen LogP contribution in [-0.2, 0) is 17.6 Å². The van der Waals surface area contributed by atoms with E-state index >= 15 is 0 Å². The summed E-state index contributed by atoms with van der Waals surface area (Å²) in [5, 5.41) is 12.0. The van der Waals surface area contributed by atoms with Gasteiger partial charge in [-0.05, 0) is 67.3 Å². The van der Waals surface area contributed by atoms with Crippen molar-refractivity contribution in [3.8, 4) is 17.2 Å². The predicted molar refractivity (Wildman–Crippen MR) is 134 cm³/mol. The van der Waals surface area contributed by atoms with Gasteiger partial charge in [0.25, 0.3) is 5.91 Å². The van der Waals surface area contributed by atoms with Crippen molar-refractivity contribution in [1.82, 2.24) is 20.1 Å². The fourth-order valence-corrected chi connectivity index (χ4v) is 4.84. The van der Waals surface area contributed by atoms with Gasteiger partial charge < -0.3 is 20.1 Å². The highest BCUT2D eigenvalue weighted by molar-refractivity contribution is 6.01. The van der Waals surface area contributed by atoms with Gasteiger partial charge in [-0.15, -0.1) is 0 Å². The second kappa shape index (κ2) is 9.09. The van der Waals surface area contributed by atoms with Crippen molar-refractivity contribution in [1.29, 1.82) is 0 Å². The molecule has 2 aromatic carbocycles. The molecule has 182 valence electrons. The van der Waals surface area contributed by atoms with Gasteiger partial charge >= 0.3 is 0 Å². The van der Waals surface area contributed by atoms with Crippen molar-refractivity contribution in [3.05, 3.63) is 71.7 Å². The lowest BCUT2D eigenvalue weighted by Crippen LogP contribution is -2.37. The number of hydrogen-bond donors (Lipinski definition) is 2. The number of carbonyl (C=O) groups excluding carboxylic acids is 2. The van der Waals surface area contributed by atoms with Crippen LogP contribution in [0.25, 0.3) is 16.6 Å². The highest BCUT2D eigenvalue weighted by Crippen LogP contribution is 2.29. The Hall–Kier alpha value is -4.24. The zero-order valence-corrected chi connectivity index (χ0v) is 19.8. The molecule has 1 unspecified atom stereocenters. The summed E-state index contributed by atoms with van der Waals surface area (Å²) in [6, 6.07) is 13.1. The molecule has 3 heterocycles. The molecule has 0 saturated heterocycles. The number of Topliss-reactive ketones (excluding diaryl/α,β-unsaturated/α-hetero) is 1. The van der Waals surface area contributed by atoms with E-state index in [1.165, 1.54) is 5.56 Å². The second-order valence-electron chi connectivity index (χ2n) is 9.05. The predicted octanol–water partition coefficient (Wildman–Crippen LogP) is 3.09. The lowest BCUT2D eigenvalue weighted by Gasteiger charge is -2.22. The number of anilines is 1. The third-order valence-corrected chi connectivity index (χ3v) is 6.73. The number of carbonyl (C=O) groups is 2. The number of ether oxygens (including phenoxy) is 2.